The molecule has 1 rings (SSSR count). The minimum absolute atomic E-state index is 0.273. The summed E-state index contributed by atoms with van der Waals surface area (Å²) in [6.45, 7) is 7.55. The van der Waals surface area contributed by atoms with E-state index in [2.05, 4.69) is 19.2 Å². The fraction of sp³-hybridized carbons (Fsp3) is 0.600. The van der Waals surface area contributed by atoms with Crippen molar-refractivity contribution in [2.75, 3.05) is 20.3 Å². The number of aryl methyl sites for hydroxylation is 1. The number of aliphatic hydroxyl groups excluding tert-OH is 1. The average Bonchev–Trinajstić information content (AvgIpc) is 2.33. The average molecular weight is 251 g/mol. The Bertz CT molecular complexity index is 352. The number of hydrogen-bond donors (Lipinski definition) is 2. The van der Waals surface area contributed by atoms with E-state index in [0.29, 0.717) is 19.1 Å². The number of methoxy groups -OCH3 is 1. The van der Waals surface area contributed by atoms with E-state index < -0.39 is 6.10 Å². The molecule has 0 spiro atoms. The molecule has 0 radical (unpaired) electrons. The van der Waals surface area contributed by atoms with Gasteiger partial charge in [-0.25, -0.2) is 0 Å². The van der Waals surface area contributed by atoms with Crippen molar-refractivity contribution < 1.29 is 9.84 Å². The van der Waals surface area contributed by atoms with Gasteiger partial charge in [-0.2, -0.15) is 0 Å². The van der Waals surface area contributed by atoms with Crippen LogP contribution in [-0.4, -0.2) is 31.4 Å². The first-order chi connectivity index (χ1) is 8.54. The molecule has 0 saturated heterocycles. The topological polar surface area (TPSA) is 41.5 Å². The Morgan fingerprint density at radius 1 is 1.33 bits per heavy atom. The number of ether oxygens (including phenoxy) is 1. The highest BCUT2D eigenvalue weighted by Gasteiger charge is 2.15. The normalized spacial score (nSPS) is 14.8. The summed E-state index contributed by atoms with van der Waals surface area (Å²) < 4.78 is 5.18. The molecule has 3 nitrogen and oxygen atoms in total. The van der Waals surface area contributed by atoms with Crippen LogP contribution >= 0.6 is 0 Å². The van der Waals surface area contributed by atoms with Crippen LogP contribution in [0.4, 0.5) is 0 Å². The Morgan fingerprint density at radius 2 is 2.06 bits per heavy atom. The van der Waals surface area contributed by atoms with Crippen LogP contribution in [0, 0.1) is 12.8 Å². The molecule has 0 aliphatic heterocycles. The van der Waals surface area contributed by atoms with Gasteiger partial charge in [-0.1, -0.05) is 43.7 Å². The maximum absolute atomic E-state index is 10.1. The van der Waals surface area contributed by atoms with Crippen molar-refractivity contribution in [2.24, 2.45) is 5.92 Å². The van der Waals surface area contributed by atoms with Gasteiger partial charge in [0.05, 0.1) is 12.7 Å². The van der Waals surface area contributed by atoms with Gasteiger partial charge in [0.15, 0.2) is 0 Å². The van der Waals surface area contributed by atoms with Crippen LogP contribution in [0.5, 0.6) is 0 Å². The first-order valence-corrected chi connectivity index (χ1v) is 6.51. The van der Waals surface area contributed by atoms with Gasteiger partial charge in [0.1, 0.15) is 0 Å². The summed E-state index contributed by atoms with van der Waals surface area (Å²) in [6, 6.07) is 8.26. The SMILES string of the molecule is COCC(NCC(O)c1cccc(C)c1)C(C)C. The van der Waals surface area contributed by atoms with E-state index in [-0.39, 0.29) is 6.04 Å². The maximum Gasteiger partial charge on any atom is 0.0914 e. The number of rotatable bonds is 7. The molecule has 2 unspecified atom stereocenters. The van der Waals surface area contributed by atoms with Crippen molar-refractivity contribution >= 4 is 0 Å². The summed E-state index contributed by atoms with van der Waals surface area (Å²) in [7, 11) is 1.70. The molecule has 2 N–H and O–H groups in total. The summed E-state index contributed by atoms with van der Waals surface area (Å²) in [4.78, 5) is 0. The van der Waals surface area contributed by atoms with E-state index in [4.69, 9.17) is 4.74 Å². The zero-order valence-corrected chi connectivity index (χ0v) is 11.8. The smallest absolute Gasteiger partial charge is 0.0914 e. The monoisotopic (exact) mass is 251 g/mol. The van der Waals surface area contributed by atoms with Gasteiger partial charge >= 0.3 is 0 Å². The first kappa shape index (κ1) is 15.2. The van der Waals surface area contributed by atoms with Gasteiger partial charge in [0, 0.05) is 19.7 Å². The molecule has 0 amide bonds. The number of nitrogens with one attached hydrogen (secondary N) is 1. The Morgan fingerprint density at radius 3 is 2.61 bits per heavy atom. The zero-order chi connectivity index (χ0) is 13.5. The van der Waals surface area contributed by atoms with Crippen LogP contribution in [0.3, 0.4) is 0 Å². The van der Waals surface area contributed by atoms with Gasteiger partial charge in [-0.05, 0) is 18.4 Å². The molecule has 1 aromatic carbocycles. The lowest BCUT2D eigenvalue weighted by atomic mass is 10.0. The summed E-state index contributed by atoms with van der Waals surface area (Å²) >= 11 is 0. The summed E-state index contributed by atoms with van der Waals surface area (Å²) in [6.07, 6.45) is -0.469. The van der Waals surface area contributed by atoms with Gasteiger partial charge in [-0.15, -0.1) is 0 Å². The molecule has 2 atom stereocenters. The molecule has 0 aromatic heterocycles. The molecule has 0 heterocycles. The second-order valence-corrected chi connectivity index (χ2v) is 5.14. The number of benzene rings is 1. The quantitative estimate of drug-likeness (QED) is 0.781. The summed E-state index contributed by atoms with van der Waals surface area (Å²) in [5.74, 6) is 0.481. The molecule has 0 aliphatic rings. The molecule has 0 aliphatic carbocycles. The minimum atomic E-state index is -0.469. The van der Waals surface area contributed by atoms with Crippen molar-refractivity contribution in [3.8, 4) is 0 Å². The maximum atomic E-state index is 10.1. The molecular weight excluding hydrogens is 226 g/mol. The lowest BCUT2D eigenvalue weighted by Gasteiger charge is -2.23. The van der Waals surface area contributed by atoms with Crippen molar-refractivity contribution in [1.29, 1.82) is 0 Å². The molecule has 102 valence electrons. The van der Waals surface area contributed by atoms with Crippen molar-refractivity contribution in [3.63, 3.8) is 0 Å². The van der Waals surface area contributed by atoms with Gasteiger partial charge in [0.25, 0.3) is 0 Å². The molecule has 3 heteroatoms. The van der Waals surface area contributed by atoms with Crippen LogP contribution in [-0.2, 0) is 4.74 Å². The standard InChI is InChI=1S/C15H25NO2/c1-11(2)14(10-18-4)16-9-15(17)13-7-5-6-12(3)8-13/h5-8,11,14-17H,9-10H2,1-4H3. The Balaban J connectivity index is 2.51. The van der Waals surface area contributed by atoms with Gasteiger partial charge in [-0.3, -0.25) is 0 Å². The lowest BCUT2D eigenvalue weighted by molar-refractivity contribution is 0.124. The lowest BCUT2D eigenvalue weighted by Crippen LogP contribution is -2.39. The molecular formula is C15H25NO2. The van der Waals surface area contributed by atoms with Crippen molar-refractivity contribution in [2.45, 2.75) is 32.9 Å². The van der Waals surface area contributed by atoms with E-state index in [1.54, 1.807) is 7.11 Å². The second kappa shape index (κ2) is 7.52. The molecule has 0 saturated carbocycles. The molecule has 0 fully saturated rings. The van der Waals surface area contributed by atoms with E-state index in [9.17, 15) is 5.11 Å². The molecule has 18 heavy (non-hydrogen) atoms. The third-order valence-corrected chi connectivity index (χ3v) is 3.15. The number of hydrogen-bond acceptors (Lipinski definition) is 3. The first-order valence-electron chi connectivity index (χ1n) is 6.51. The largest absolute Gasteiger partial charge is 0.387 e. The highest BCUT2D eigenvalue weighted by atomic mass is 16.5. The van der Waals surface area contributed by atoms with E-state index in [0.717, 1.165) is 5.56 Å². The minimum Gasteiger partial charge on any atom is -0.387 e. The third kappa shape index (κ3) is 4.77. The third-order valence-electron chi connectivity index (χ3n) is 3.15. The zero-order valence-electron chi connectivity index (χ0n) is 11.8. The highest BCUT2D eigenvalue weighted by Crippen LogP contribution is 2.14. The van der Waals surface area contributed by atoms with Gasteiger partial charge < -0.3 is 15.2 Å². The Labute approximate surface area is 110 Å². The van der Waals surface area contributed by atoms with Crippen LogP contribution in [0.15, 0.2) is 24.3 Å². The van der Waals surface area contributed by atoms with Crippen molar-refractivity contribution in [1.82, 2.24) is 5.32 Å². The number of aliphatic hydroxyl groups is 1. The molecule has 1 aromatic rings. The second-order valence-electron chi connectivity index (χ2n) is 5.14. The van der Waals surface area contributed by atoms with Crippen LogP contribution in [0.2, 0.25) is 0 Å². The fourth-order valence-electron chi connectivity index (χ4n) is 1.92. The van der Waals surface area contributed by atoms with E-state index in [1.807, 2.05) is 31.2 Å². The Kier molecular flexibility index (Phi) is 6.33. The van der Waals surface area contributed by atoms with Crippen LogP contribution in [0.1, 0.15) is 31.1 Å². The van der Waals surface area contributed by atoms with Crippen LogP contribution in [0.25, 0.3) is 0 Å². The van der Waals surface area contributed by atoms with Crippen molar-refractivity contribution in [3.05, 3.63) is 35.4 Å². The van der Waals surface area contributed by atoms with E-state index in [1.165, 1.54) is 5.56 Å². The summed E-state index contributed by atoms with van der Waals surface area (Å²) in [5.41, 5.74) is 2.13. The molecule has 0 bridgehead atoms. The highest BCUT2D eigenvalue weighted by molar-refractivity contribution is 5.24. The predicted octanol–water partition coefficient (Wildman–Crippen LogP) is 2.29. The predicted molar refractivity (Wildman–Crippen MR) is 74.6 cm³/mol. The van der Waals surface area contributed by atoms with Crippen LogP contribution < -0.4 is 5.32 Å². The van der Waals surface area contributed by atoms with E-state index >= 15 is 0 Å². The summed E-state index contributed by atoms with van der Waals surface area (Å²) in [5, 5.41) is 13.5. The van der Waals surface area contributed by atoms with Gasteiger partial charge in [0.2, 0.25) is 0 Å². The fourth-order valence-corrected chi connectivity index (χ4v) is 1.92. The Hall–Kier alpha value is -0.900.